The van der Waals surface area contributed by atoms with Gasteiger partial charge in [0.1, 0.15) is 0 Å². The first-order chi connectivity index (χ1) is 13.4. The first kappa shape index (κ1) is 20.7. The van der Waals surface area contributed by atoms with Crippen LogP contribution in [0, 0.1) is 10.8 Å². The second-order valence-corrected chi connectivity index (χ2v) is 11.0. The number of halogens is 2. The van der Waals surface area contributed by atoms with Crippen molar-refractivity contribution in [2.75, 3.05) is 7.05 Å². The predicted molar refractivity (Wildman–Crippen MR) is 117 cm³/mol. The van der Waals surface area contributed by atoms with E-state index in [0.29, 0.717) is 39.6 Å². The molecule has 0 atom stereocenters. The molecule has 154 valence electrons. The van der Waals surface area contributed by atoms with Gasteiger partial charge in [-0.25, -0.2) is 0 Å². The Kier molecular flexibility index (Phi) is 4.79. The molecule has 3 nitrogen and oxygen atoms in total. The van der Waals surface area contributed by atoms with Crippen molar-refractivity contribution < 1.29 is 9.59 Å². The summed E-state index contributed by atoms with van der Waals surface area (Å²) in [5.41, 5.74) is 3.87. The van der Waals surface area contributed by atoms with E-state index in [1.165, 1.54) is 0 Å². The fourth-order valence-corrected chi connectivity index (χ4v) is 5.86. The van der Waals surface area contributed by atoms with Gasteiger partial charge < -0.3 is 4.90 Å². The van der Waals surface area contributed by atoms with Gasteiger partial charge in [-0.3, -0.25) is 9.59 Å². The molecule has 0 spiro atoms. The summed E-state index contributed by atoms with van der Waals surface area (Å²) in [6.45, 7) is 8.50. The fourth-order valence-electron chi connectivity index (χ4n) is 5.24. The van der Waals surface area contributed by atoms with Gasteiger partial charge in [0.25, 0.3) is 0 Å². The van der Waals surface area contributed by atoms with Gasteiger partial charge >= 0.3 is 0 Å². The van der Waals surface area contributed by atoms with E-state index < -0.39 is 5.92 Å². The fraction of sp³-hybridized carbons (Fsp3) is 0.500. The van der Waals surface area contributed by atoms with Gasteiger partial charge in [0.2, 0.25) is 0 Å². The summed E-state index contributed by atoms with van der Waals surface area (Å²) in [5, 5.41) is 1.00. The van der Waals surface area contributed by atoms with Crippen LogP contribution in [0.25, 0.3) is 0 Å². The number of allylic oxidation sites excluding steroid dienone is 4. The van der Waals surface area contributed by atoms with E-state index in [1.807, 2.05) is 7.05 Å². The zero-order valence-electron chi connectivity index (χ0n) is 17.7. The van der Waals surface area contributed by atoms with Crippen molar-refractivity contribution in [3.8, 4) is 0 Å². The molecule has 0 saturated heterocycles. The standard InChI is InChI=1S/C24H27Cl2NO2/c1-23(2)9-15-20(17(28)11-23)22(19-13(25)7-6-8-14(19)26)21-16(27(15)5)10-24(3,4)12-18(21)29/h6-8,22H,9-12H2,1-5H3. The lowest BCUT2D eigenvalue weighted by molar-refractivity contribution is -0.119. The maximum absolute atomic E-state index is 13.4. The minimum Gasteiger partial charge on any atom is -0.351 e. The Labute approximate surface area is 182 Å². The van der Waals surface area contributed by atoms with Crippen molar-refractivity contribution >= 4 is 34.8 Å². The maximum atomic E-state index is 13.4. The van der Waals surface area contributed by atoms with E-state index in [4.69, 9.17) is 23.2 Å². The Morgan fingerprint density at radius 1 is 0.828 bits per heavy atom. The summed E-state index contributed by atoms with van der Waals surface area (Å²) in [7, 11) is 2.00. The minimum atomic E-state index is -0.482. The van der Waals surface area contributed by atoms with Crippen LogP contribution in [0.3, 0.4) is 0 Å². The summed E-state index contributed by atoms with van der Waals surface area (Å²) in [6, 6.07) is 5.37. The Morgan fingerprint density at radius 3 is 1.66 bits per heavy atom. The highest BCUT2D eigenvalue weighted by Gasteiger charge is 2.48. The van der Waals surface area contributed by atoms with Crippen molar-refractivity contribution in [1.82, 2.24) is 4.90 Å². The normalized spacial score (nSPS) is 24.0. The molecule has 0 aromatic heterocycles. The third-order valence-electron chi connectivity index (χ3n) is 6.47. The van der Waals surface area contributed by atoms with Gasteiger partial charge in [0.15, 0.2) is 11.6 Å². The van der Waals surface area contributed by atoms with Crippen molar-refractivity contribution in [2.45, 2.75) is 59.3 Å². The van der Waals surface area contributed by atoms with E-state index in [2.05, 4.69) is 32.6 Å². The number of carbonyl (C=O) groups is 2. The molecule has 0 N–H and O–H groups in total. The molecular formula is C24H27Cl2NO2. The topological polar surface area (TPSA) is 37.4 Å². The smallest absolute Gasteiger partial charge is 0.162 e. The van der Waals surface area contributed by atoms with Crippen LogP contribution in [-0.4, -0.2) is 23.5 Å². The Bertz CT molecular complexity index is 926. The van der Waals surface area contributed by atoms with Crippen molar-refractivity contribution in [1.29, 1.82) is 0 Å². The van der Waals surface area contributed by atoms with Crippen molar-refractivity contribution in [3.63, 3.8) is 0 Å². The Balaban J connectivity index is 2.03. The maximum Gasteiger partial charge on any atom is 0.162 e. The van der Waals surface area contributed by atoms with E-state index >= 15 is 0 Å². The summed E-state index contributed by atoms with van der Waals surface area (Å²) < 4.78 is 0. The van der Waals surface area contributed by atoms with Crippen LogP contribution in [0.2, 0.25) is 10.0 Å². The molecule has 0 fully saturated rings. The predicted octanol–water partition coefficient (Wildman–Crippen LogP) is 6.31. The lowest BCUT2D eigenvalue weighted by Crippen LogP contribution is -2.43. The number of nitrogens with zero attached hydrogens (tertiary/aromatic N) is 1. The van der Waals surface area contributed by atoms with E-state index in [1.54, 1.807) is 18.2 Å². The number of Topliss-reactive ketones (excluding diaryl/α,β-unsaturated/α-hetero) is 2. The second kappa shape index (κ2) is 6.72. The number of rotatable bonds is 1. The number of carbonyl (C=O) groups excluding carboxylic acids is 2. The largest absolute Gasteiger partial charge is 0.351 e. The number of hydrogen-bond donors (Lipinski definition) is 0. The monoisotopic (exact) mass is 431 g/mol. The molecule has 0 amide bonds. The highest BCUT2D eigenvalue weighted by molar-refractivity contribution is 6.36. The lowest BCUT2D eigenvalue weighted by Gasteiger charge is -2.48. The SMILES string of the molecule is CN1C2=C(C(=O)CC(C)(C)C2)C(c2c(Cl)cccc2Cl)C2=C1CC(C)(C)CC2=O. The molecule has 2 aliphatic carbocycles. The third-order valence-corrected chi connectivity index (χ3v) is 7.13. The Morgan fingerprint density at radius 2 is 1.24 bits per heavy atom. The summed E-state index contributed by atoms with van der Waals surface area (Å²) in [6.07, 6.45) is 2.49. The van der Waals surface area contributed by atoms with Gasteiger partial charge in [-0.05, 0) is 35.8 Å². The average molecular weight is 432 g/mol. The molecule has 1 aromatic rings. The zero-order chi connectivity index (χ0) is 21.3. The summed E-state index contributed by atoms with van der Waals surface area (Å²) in [5.74, 6) is -0.300. The molecule has 0 saturated carbocycles. The van der Waals surface area contributed by atoms with Crippen molar-refractivity contribution in [2.24, 2.45) is 10.8 Å². The van der Waals surface area contributed by atoms with Gasteiger partial charge in [0, 0.05) is 64.0 Å². The molecule has 0 unspecified atom stereocenters. The first-order valence-corrected chi connectivity index (χ1v) is 10.9. The van der Waals surface area contributed by atoms with Crippen LogP contribution >= 0.6 is 23.2 Å². The van der Waals surface area contributed by atoms with Gasteiger partial charge in [-0.1, -0.05) is 57.0 Å². The highest BCUT2D eigenvalue weighted by Crippen LogP contribution is 2.55. The lowest BCUT2D eigenvalue weighted by atomic mass is 9.63. The molecule has 4 rings (SSSR count). The van der Waals surface area contributed by atoms with Gasteiger partial charge in [0.05, 0.1) is 0 Å². The molecule has 0 bridgehead atoms. The van der Waals surface area contributed by atoms with Gasteiger partial charge in [-0.2, -0.15) is 0 Å². The third kappa shape index (κ3) is 3.37. The highest BCUT2D eigenvalue weighted by atomic mass is 35.5. The minimum absolute atomic E-state index is 0.0910. The summed E-state index contributed by atoms with van der Waals surface area (Å²) >= 11 is 13.2. The van der Waals surface area contributed by atoms with Crippen LogP contribution in [-0.2, 0) is 9.59 Å². The van der Waals surface area contributed by atoms with E-state index in [-0.39, 0.29) is 22.4 Å². The summed E-state index contributed by atoms with van der Waals surface area (Å²) in [4.78, 5) is 28.9. The van der Waals surface area contributed by atoms with Crippen LogP contribution in [0.1, 0.15) is 64.9 Å². The molecule has 3 aliphatic rings. The van der Waals surface area contributed by atoms with Crippen LogP contribution in [0.5, 0.6) is 0 Å². The zero-order valence-corrected chi connectivity index (χ0v) is 19.2. The molecule has 29 heavy (non-hydrogen) atoms. The molecular weight excluding hydrogens is 405 g/mol. The van der Waals surface area contributed by atoms with Crippen LogP contribution in [0.4, 0.5) is 0 Å². The van der Waals surface area contributed by atoms with Crippen molar-refractivity contribution in [3.05, 3.63) is 56.3 Å². The first-order valence-electron chi connectivity index (χ1n) is 10.1. The average Bonchev–Trinajstić information content (AvgIpc) is 2.56. The Hall–Kier alpha value is -1.58. The molecule has 0 radical (unpaired) electrons. The molecule has 1 heterocycles. The van der Waals surface area contributed by atoms with Crippen LogP contribution in [0.15, 0.2) is 40.7 Å². The quantitative estimate of drug-likeness (QED) is 0.522. The number of benzene rings is 1. The number of ketones is 2. The second-order valence-electron chi connectivity index (χ2n) is 10.2. The van der Waals surface area contributed by atoms with Gasteiger partial charge in [-0.15, -0.1) is 0 Å². The van der Waals surface area contributed by atoms with Crippen LogP contribution < -0.4 is 0 Å². The van der Waals surface area contributed by atoms with E-state index in [9.17, 15) is 9.59 Å². The molecule has 5 heteroatoms. The number of hydrogen-bond acceptors (Lipinski definition) is 3. The van der Waals surface area contributed by atoms with E-state index in [0.717, 1.165) is 24.2 Å². The molecule has 1 aromatic carbocycles. The molecule has 1 aliphatic heterocycles.